The number of aryl methyl sites for hydroxylation is 1. The molecule has 0 unspecified atom stereocenters. The highest BCUT2D eigenvalue weighted by atomic mass is 16.1. The number of hydrogen-bond acceptors (Lipinski definition) is 3. The minimum atomic E-state index is -0.115. The van der Waals surface area contributed by atoms with E-state index in [4.69, 9.17) is 0 Å². The zero-order valence-electron chi connectivity index (χ0n) is 15.8. The van der Waals surface area contributed by atoms with Gasteiger partial charge in [-0.25, -0.2) is 9.48 Å². The number of nitrogens with one attached hydrogen (secondary N) is 1. The summed E-state index contributed by atoms with van der Waals surface area (Å²) in [5.74, 6) is 1.18. The number of aromatic amines is 1. The zero-order chi connectivity index (χ0) is 18.6. The summed E-state index contributed by atoms with van der Waals surface area (Å²) in [6, 6.07) is 18.8. The lowest BCUT2D eigenvalue weighted by Crippen LogP contribution is -2.32. The number of nitrogens with zero attached hydrogens (tertiary/aromatic N) is 3. The second-order valence-corrected chi connectivity index (χ2v) is 7.49. The molecule has 0 saturated carbocycles. The first-order valence-corrected chi connectivity index (χ1v) is 9.66. The van der Waals surface area contributed by atoms with Gasteiger partial charge in [-0.2, -0.15) is 5.10 Å². The fraction of sp³-hybridized carbons (Fsp3) is 0.364. The molecule has 2 aromatic carbocycles. The van der Waals surface area contributed by atoms with E-state index in [0.717, 1.165) is 43.9 Å². The number of piperidine rings is 1. The van der Waals surface area contributed by atoms with Crippen LogP contribution in [0.5, 0.6) is 0 Å². The molecule has 1 aliphatic heterocycles. The van der Waals surface area contributed by atoms with Crippen LogP contribution in [0.2, 0.25) is 0 Å². The first-order chi connectivity index (χ1) is 13.2. The van der Waals surface area contributed by atoms with Crippen molar-refractivity contribution in [3.8, 4) is 0 Å². The molecule has 1 aliphatic rings. The number of hydrogen-bond donors (Lipinski definition) is 1. The maximum atomic E-state index is 12.3. The first-order valence-electron chi connectivity index (χ1n) is 9.66. The molecule has 0 radical (unpaired) electrons. The van der Waals surface area contributed by atoms with Crippen molar-refractivity contribution in [3.05, 3.63) is 87.6 Å². The summed E-state index contributed by atoms with van der Waals surface area (Å²) in [7, 11) is 0. The Bertz CT molecular complexity index is 919. The van der Waals surface area contributed by atoms with E-state index in [2.05, 4.69) is 46.2 Å². The fourth-order valence-corrected chi connectivity index (χ4v) is 3.74. The van der Waals surface area contributed by atoms with Gasteiger partial charge in [0.1, 0.15) is 5.82 Å². The molecule has 1 fully saturated rings. The zero-order valence-corrected chi connectivity index (χ0v) is 15.8. The van der Waals surface area contributed by atoms with E-state index in [-0.39, 0.29) is 5.69 Å². The lowest BCUT2D eigenvalue weighted by Gasteiger charge is -2.30. The SMILES string of the molecule is Cc1ccc(CN2CCC(c3nn(Cc4ccccc4)c(=O)[nH]3)CC2)cc1. The summed E-state index contributed by atoms with van der Waals surface area (Å²) in [4.78, 5) is 17.7. The summed E-state index contributed by atoms with van der Waals surface area (Å²) in [5.41, 5.74) is 3.63. The van der Waals surface area contributed by atoms with Crippen LogP contribution in [0.3, 0.4) is 0 Å². The van der Waals surface area contributed by atoms with Crippen molar-refractivity contribution < 1.29 is 0 Å². The van der Waals surface area contributed by atoms with Crippen molar-refractivity contribution in [1.29, 1.82) is 0 Å². The van der Waals surface area contributed by atoms with E-state index < -0.39 is 0 Å². The molecule has 4 rings (SSSR count). The summed E-state index contributed by atoms with van der Waals surface area (Å²) in [6.07, 6.45) is 2.06. The Balaban J connectivity index is 1.36. The van der Waals surface area contributed by atoms with E-state index >= 15 is 0 Å². The molecule has 2 heterocycles. The lowest BCUT2D eigenvalue weighted by molar-refractivity contribution is 0.201. The third-order valence-electron chi connectivity index (χ3n) is 5.37. The summed E-state index contributed by atoms with van der Waals surface area (Å²) in [5, 5.41) is 4.58. The number of likely N-dealkylation sites (tertiary alicyclic amines) is 1. The first kappa shape index (κ1) is 17.7. The van der Waals surface area contributed by atoms with Crippen LogP contribution in [0.4, 0.5) is 0 Å². The van der Waals surface area contributed by atoms with Crippen LogP contribution in [0, 0.1) is 6.92 Å². The van der Waals surface area contributed by atoms with Gasteiger partial charge >= 0.3 is 5.69 Å². The van der Waals surface area contributed by atoms with Gasteiger partial charge in [-0.15, -0.1) is 0 Å². The van der Waals surface area contributed by atoms with Crippen LogP contribution in [0.15, 0.2) is 59.4 Å². The van der Waals surface area contributed by atoms with Crippen LogP contribution in [-0.2, 0) is 13.1 Å². The van der Waals surface area contributed by atoms with Gasteiger partial charge in [0.2, 0.25) is 0 Å². The third-order valence-corrected chi connectivity index (χ3v) is 5.37. The normalized spacial score (nSPS) is 15.9. The predicted octanol–water partition coefficient (Wildman–Crippen LogP) is 3.31. The van der Waals surface area contributed by atoms with Gasteiger partial charge in [0.05, 0.1) is 6.54 Å². The van der Waals surface area contributed by atoms with Crippen LogP contribution >= 0.6 is 0 Å². The van der Waals surface area contributed by atoms with Crippen molar-refractivity contribution in [3.63, 3.8) is 0 Å². The molecule has 1 saturated heterocycles. The molecule has 140 valence electrons. The summed E-state index contributed by atoms with van der Waals surface area (Å²) >= 11 is 0. The maximum Gasteiger partial charge on any atom is 0.343 e. The molecule has 0 bridgehead atoms. The summed E-state index contributed by atoms with van der Waals surface area (Å²) < 4.78 is 1.54. The molecular formula is C22H26N4O. The van der Waals surface area contributed by atoms with Gasteiger partial charge in [-0.3, -0.25) is 9.88 Å². The quantitative estimate of drug-likeness (QED) is 0.758. The van der Waals surface area contributed by atoms with Crippen molar-refractivity contribution in [2.45, 2.75) is 38.8 Å². The molecule has 1 N–H and O–H groups in total. The Morgan fingerprint density at radius 1 is 0.963 bits per heavy atom. The van der Waals surface area contributed by atoms with Crippen LogP contribution < -0.4 is 5.69 Å². The second-order valence-electron chi connectivity index (χ2n) is 7.49. The van der Waals surface area contributed by atoms with Crippen LogP contribution in [0.25, 0.3) is 0 Å². The Labute approximate surface area is 159 Å². The van der Waals surface area contributed by atoms with Crippen LogP contribution in [-0.4, -0.2) is 32.8 Å². The molecule has 0 atom stereocenters. The average molecular weight is 362 g/mol. The molecule has 1 aromatic heterocycles. The molecule has 0 amide bonds. The van der Waals surface area contributed by atoms with E-state index in [0.29, 0.717) is 12.5 Å². The van der Waals surface area contributed by atoms with Gasteiger partial charge in [0, 0.05) is 12.5 Å². The van der Waals surface area contributed by atoms with E-state index in [1.165, 1.54) is 11.1 Å². The van der Waals surface area contributed by atoms with Crippen molar-refractivity contribution in [1.82, 2.24) is 19.7 Å². The van der Waals surface area contributed by atoms with E-state index in [9.17, 15) is 4.79 Å². The molecule has 0 spiro atoms. The minimum Gasteiger partial charge on any atom is -0.299 e. The number of aromatic nitrogens is 3. The van der Waals surface area contributed by atoms with Crippen molar-refractivity contribution in [2.24, 2.45) is 0 Å². The molecule has 3 aromatic rings. The Kier molecular flexibility index (Phi) is 5.21. The highest BCUT2D eigenvalue weighted by Gasteiger charge is 2.24. The monoisotopic (exact) mass is 362 g/mol. The maximum absolute atomic E-state index is 12.3. The largest absolute Gasteiger partial charge is 0.343 e. The van der Waals surface area contributed by atoms with Gasteiger partial charge in [0.15, 0.2) is 0 Å². The van der Waals surface area contributed by atoms with Crippen molar-refractivity contribution in [2.75, 3.05) is 13.1 Å². The Morgan fingerprint density at radius 3 is 2.33 bits per heavy atom. The highest BCUT2D eigenvalue weighted by molar-refractivity contribution is 5.21. The minimum absolute atomic E-state index is 0.115. The van der Waals surface area contributed by atoms with E-state index in [1.54, 1.807) is 4.68 Å². The van der Waals surface area contributed by atoms with Crippen molar-refractivity contribution >= 4 is 0 Å². The topological polar surface area (TPSA) is 53.9 Å². The lowest BCUT2D eigenvalue weighted by atomic mass is 9.96. The fourth-order valence-electron chi connectivity index (χ4n) is 3.74. The van der Waals surface area contributed by atoms with Gasteiger partial charge in [0.25, 0.3) is 0 Å². The number of benzene rings is 2. The molecule has 27 heavy (non-hydrogen) atoms. The van der Waals surface area contributed by atoms with E-state index in [1.807, 2.05) is 30.3 Å². The third kappa shape index (κ3) is 4.37. The van der Waals surface area contributed by atoms with Gasteiger partial charge < -0.3 is 0 Å². The summed E-state index contributed by atoms with van der Waals surface area (Å²) in [6.45, 7) is 5.69. The van der Waals surface area contributed by atoms with Gasteiger partial charge in [-0.1, -0.05) is 60.2 Å². The van der Waals surface area contributed by atoms with Gasteiger partial charge in [-0.05, 0) is 44.0 Å². The predicted molar refractivity (Wildman–Crippen MR) is 107 cm³/mol. The molecule has 5 nitrogen and oxygen atoms in total. The molecule has 5 heteroatoms. The standard InChI is InChI=1S/C22H26N4O/c1-17-7-9-19(10-8-17)15-25-13-11-20(12-14-25)21-23-22(27)26(24-21)16-18-5-3-2-4-6-18/h2-10,20H,11-16H2,1H3,(H,23,24,27). The number of H-pyrrole nitrogens is 1. The second kappa shape index (κ2) is 7.92. The van der Waals surface area contributed by atoms with Crippen LogP contribution in [0.1, 0.15) is 41.3 Å². The average Bonchev–Trinajstić information content (AvgIpc) is 3.05. The molecular weight excluding hydrogens is 336 g/mol. The Morgan fingerprint density at radius 2 is 1.63 bits per heavy atom. The number of rotatable bonds is 5. The molecule has 0 aliphatic carbocycles. The smallest absolute Gasteiger partial charge is 0.299 e. The highest BCUT2D eigenvalue weighted by Crippen LogP contribution is 2.25. The Hall–Kier alpha value is -2.66.